The summed E-state index contributed by atoms with van der Waals surface area (Å²) in [7, 11) is 0. The van der Waals surface area contributed by atoms with E-state index in [1.807, 2.05) is 29.1 Å². The first-order valence-corrected chi connectivity index (χ1v) is 10.6. The molecule has 9 heteroatoms. The molecule has 0 saturated carbocycles. The maximum atomic E-state index is 5.33. The van der Waals surface area contributed by atoms with Gasteiger partial charge < -0.3 is 10.6 Å². The molecule has 7 nitrogen and oxygen atoms in total. The van der Waals surface area contributed by atoms with E-state index in [9.17, 15) is 0 Å². The zero-order chi connectivity index (χ0) is 19.2. The van der Waals surface area contributed by atoms with Crippen LogP contribution in [0.25, 0.3) is 22.6 Å². The fourth-order valence-electron chi connectivity index (χ4n) is 2.50. The smallest absolute Gasteiger partial charge is 0.180 e. The number of halogens is 1. The molecular formula is C18H22IN7S. The number of aromatic nitrogens is 5. The van der Waals surface area contributed by atoms with Gasteiger partial charge in [-0.25, -0.2) is 9.97 Å². The lowest BCUT2D eigenvalue weighted by molar-refractivity contribution is 0.666. The number of anilines is 1. The number of hydrogen-bond donors (Lipinski definition) is 2. The van der Waals surface area contributed by atoms with Crippen LogP contribution in [0.2, 0.25) is 0 Å². The van der Waals surface area contributed by atoms with Gasteiger partial charge in [-0.15, -0.1) is 0 Å². The van der Waals surface area contributed by atoms with E-state index in [1.165, 1.54) is 12.8 Å². The van der Waals surface area contributed by atoms with Gasteiger partial charge in [0.1, 0.15) is 26.8 Å². The van der Waals surface area contributed by atoms with Gasteiger partial charge in [0.05, 0.1) is 6.20 Å². The van der Waals surface area contributed by atoms with E-state index in [0.29, 0.717) is 22.3 Å². The SMILES string of the molecule is CCCCCNC(=S)Nc1ccc2ncc(-c3ccn(C(C)I)n3)nc2n1. The molecule has 3 aromatic rings. The van der Waals surface area contributed by atoms with E-state index < -0.39 is 0 Å². The quantitative estimate of drug-likeness (QED) is 0.219. The van der Waals surface area contributed by atoms with Crippen molar-refractivity contribution >= 4 is 56.9 Å². The summed E-state index contributed by atoms with van der Waals surface area (Å²) < 4.78 is 2.15. The Morgan fingerprint density at radius 3 is 2.81 bits per heavy atom. The Bertz CT molecular complexity index is 925. The van der Waals surface area contributed by atoms with Crippen molar-refractivity contribution in [3.8, 4) is 11.4 Å². The number of unbranched alkanes of at least 4 members (excludes halogenated alkanes) is 2. The van der Waals surface area contributed by atoms with Crippen molar-refractivity contribution in [3.05, 3.63) is 30.6 Å². The lowest BCUT2D eigenvalue weighted by atomic mass is 10.2. The topological polar surface area (TPSA) is 80.5 Å². The summed E-state index contributed by atoms with van der Waals surface area (Å²) in [6, 6.07) is 5.66. The van der Waals surface area contributed by atoms with Crippen LogP contribution in [0.1, 0.15) is 37.2 Å². The van der Waals surface area contributed by atoms with Gasteiger partial charge in [-0.2, -0.15) is 5.10 Å². The number of pyridine rings is 1. The number of thiocarbonyl (C=S) groups is 1. The number of nitrogens with zero attached hydrogens (tertiary/aromatic N) is 5. The fourth-order valence-corrected chi connectivity index (χ4v) is 3.02. The third kappa shape index (κ3) is 5.32. The Labute approximate surface area is 177 Å². The van der Waals surface area contributed by atoms with Crippen LogP contribution in [0.3, 0.4) is 0 Å². The molecule has 1 atom stereocenters. The van der Waals surface area contributed by atoms with Crippen LogP contribution in [-0.2, 0) is 0 Å². The maximum Gasteiger partial charge on any atom is 0.180 e. The molecule has 3 rings (SSSR count). The summed E-state index contributed by atoms with van der Waals surface area (Å²) in [4.78, 5) is 13.6. The molecule has 0 radical (unpaired) electrons. The minimum absolute atomic E-state index is 0.268. The molecule has 0 fully saturated rings. The maximum absolute atomic E-state index is 5.33. The molecule has 0 spiro atoms. The van der Waals surface area contributed by atoms with Crippen molar-refractivity contribution in [2.75, 3.05) is 11.9 Å². The van der Waals surface area contributed by atoms with E-state index in [0.717, 1.165) is 24.2 Å². The number of fused-ring (bicyclic) bond motifs is 1. The number of hydrogen-bond acceptors (Lipinski definition) is 5. The standard InChI is InChI=1S/C18H22IN7S/c1-3-4-5-9-20-18(27)24-16-7-6-14-17(23-16)22-15(11-21-14)13-8-10-26(25-13)12(2)19/h6-8,10-12H,3-5,9H2,1-2H3,(H2,20,22,23,24,27). The van der Waals surface area contributed by atoms with Crippen molar-refractivity contribution in [2.24, 2.45) is 0 Å². The predicted octanol–water partition coefficient (Wildman–Crippen LogP) is 4.32. The van der Waals surface area contributed by atoms with Crippen molar-refractivity contribution in [2.45, 2.75) is 37.2 Å². The summed E-state index contributed by atoms with van der Waals surface area (Å²) in [5.41, 5.74) is 2.76. The van der Waals surface area contributed by atoms with E-state index in [2.05, 4.69) is 67.1 Å². The largest absolute Gasteiger partial charge is 0.362 e. The summed E-state index contributed by atoms with van der Waals surface area (Å²) in [5, 5.41) is 11.4. The molecule has 0 aliphatic heterocycles. The van der Waals surface area contributed by atoms with Gasteiger partial charge >= 0.3 is 0 Å². The highest BCUT2D eigenvalue weighted by Crippen LogP contribution is 2.20. The molecule has 1 unspecified atom stereocenters. The Morgan fingerprint density at radius 1 is 1.22 bits per heavy atom. The summed E-state index contributed by atoms with van der Waals surface area (Å²) >= 11 is 7.64. The monoisotopic (exact) mass is 495 g/mol. The van der Waals surface area contributed by atoms with E-state index in [-0.39, 0.29) is 4.05 Å². The molecule has 3 aromatic heterocycles. The molecule has 0 aromatic carbocycles. The lowest BCUT2D eigenvalue weighted by Crippen LogP contribution is -2.29. The normalized spacial score (nSPS) is 12.1. The van der Waals surface area contributed by atoms with Gasteiger partial charge in [0, 0.05) is 12.7 Å². The predicted molar refractivity (Wildman–Crippen MR) is 121 cm³/mol. The van der Waals surface area contributed by atoms with Crippen molar-refractivity contribution in [1.29, 1.82) is 0 Å². The zero-order valence-corrected chi connectivity index (χ0v) is 18.3. The molecule has 0 aliphatic carbocycles. The highest BCUT2D eigenvalue weighted by molar-refractivity contribution is 14.1. The Kier molecular flexibility index (Phi) is 6.89. The third-order valence-electron chi connectivity index (χ3n) is 3.95. The van der Waals surface area contributed by atoms with Crippen molar-refractivity contribution in [3.63, 3.8) is 0 Å². The second-order valence-corrected chi connectivity index (χ2v) is 8.35. The Hall–Kier alpha value is -1.88. The van der Waals surface area contributed by atoms with E-state index >= 15 is 0 Å². The van der Waals surface area contributed by atoms with Crippen LogP contribution >= 0.6 is 34.8 Å². The van der Waals surface area contributed by atoms with Crippen LogP contribution in [0.5, 0.6) is 0 Å². The van der Waals surface area contributed by atoms with Crippen LogP contribution in [0.4, 0.5) is 5.82 Å². The number of nitrogens with one attached hydrogen (secondary N) is 2. The van der Waals surface area contributed by atoms with Crippen LogP contribution in [0, 0.1) is 0 Å². The van der Waals surface area contributed by atoms with Crippen LogP contribution in [-0.4, -0.2) is 36.4 Å². The number of alkyl halides is 1. The van der Waals surface area contributed by atoms with Gasteiger partial charge in [-0.1, -0.05) is 42.4 Å². The highest BCUT2D eigenvalue weighted by atomic mass is 127. The average Bonchev–Trinajstić information content (AvgIpc) is 3.15. The summed E-state index contributed by atoms with van der Waals surface area (Å²) in [5.74, 6) is 0.647. The van der Waals surface area contributed by atoms with E-state index in [1.54, 1.807) is 6.20 Å². The minimum atomic E-state index is 0.268. The molecular weight excluding hydrogens is 473 g/mol. The van der Waals surface area contributed by atoms with Crippen molar-refractivity contribution < 1.29 is 0 Å². The molecule has 142 valence electrons. The van der Waals surface area contributed by atoms with Gasteiger partial charge in [-0.05, 0) is 43.8 Å². The third-order valence-corrected chi connectivity index (χ3v) is 4.77. The number of rotatable bonds is 7. The lowest BCUT2D eigenvalue weighted by Gasteiger charge is -2.10. The molecule has 0 saturated heterocycles. The van der Waals surface area contributed by atoms with Gasteiger partial charge in [0.25, 0.3) is 0 Å². The summed E-state index contributed by atoms with van der Waals surface area (Å²) in [6.07, 6.45) is 7.13. The molecule has 0 aliphatic rings. The van der Waals surface area contributed by atoms with Gasteiger partial charge in [-0.3, -0.25) is 9.67 Å². The van der Waals surface area contributed by atoms with Gasteiger partial charge in [0.15, 0.2) is 10.8 Å². The molecule has 3 heterocycles. The first-order chi connectivity index (χ1) is 13.1. The Balaban J connectivity index is 1.74. The summed E-state index contributed by atoms with van der Waals surface area (Å²) in [6.45, 7) is 5.11. The Morgan fingerprint density at radius 2 is 2.07 bits per heavy atom. The second-order valence-electron chi connectivity index (χ2n) is 6.14. The molecule has 0 amide bonds. The van der Waals surface area contributed by atoms with E-state index in [4.69, 9.17) is 12.2 Å². The minimum Gasteiger partial charge on any atom is -0.362 e. The average molecular weight is 495 g/mol. The highest BCUT2D eigenvalue weighted by Gasteiger charge is 2.09. The first kappa shape index (κ1) is 19.9. The zero-order valence-electron chi connectivity index (χ0n) is 15.3. The molecule has 0 bridgehead atoms. The van der Waals surface area contributed by atoms with Crippen LogP contribution < -0.4 is 10.6 Å². The second kappa shape index (κ2) is 9.36. The van der Waals surface area contributed by atoms with Crippen molar-refractivity contribution in [1.82, 2.24) is 30.0 Å². The van der Waals surface area contributed by atoms with Crippen LogP contribution in [0.15, 0.2) is 30.6 Å². The molecule has 27 heavy (non-hydrogen) atoms. The fraction of sp³-hybridized carbons (Fsp3) is 0.389. The molecule has 2 N–H and O–H groups in total. The van der Waals surface area contributed by atoms with Gasteiger partial charge in [0.2, 0.25) is 0 Å². The first-order valence-electron chi connectivity index (χ1n) is 8.95.